The van der Waals surface area contributed by atoms with Crippen LogP contribution in [-0.2, 0) is 14.4 Å². The van der Waals surface area contributed by atoms with Crippen molar-refractivity contribution < 1.29 is 19.5 Å². The highest BCUT2D eigenvalue weighted by molar-refractivity contribution is 6.05. The van der Waals surface area contributed by atoms with Gasteiger partial charge in [-0.2, -0.15) is 0 Å². The van der Waals surface area contributed by atoms with Crippen LogP contribution in [0.5, 0.6) is 0 Å². The van der Waals surface area contributed by atoms with Crippen LogP contribution in [0.15, 0.2) is 0 Å². The van der Waals surface area contributed by atoms with E-state index in [1.165, 1.54) is 4.90 Å². The standard InChI is InChI=1S/C12H20N2O4/c1-4-5-14-9(15)6-8(11(14)16)13-10(7(2)3)12(17)18/h7-8,10,13H,4-6H2,1-3H3,(H,17,18). The fraction of sp³-hybridized carbons (Fsp3) is 0.750. The van der Waals surface area contributed by atoms with Gasteiger partial charge in [-0.05, 0) is 12.3 Å². The molecule has 0 aromatic carbocycles. The zero-order chi connectivity index (χ0) is 13.9. The molecule has 6 nitrogen and oxygen atoms in total. The number of carboxylic acid groups (broad SMARTS) is 1. The molecule has 0 spiro atoms. The summed E-state index contributed by atoms with van der Waals surface area (Å²) in [5, 5.41) is 11.8. The van der Waals surface area contributed by atoms with Crippen LogP contribution in [-0.4, -0.2) is 46.4 Å². The summed E-state index contributed by atoms with van der Waals surface area (Å²) in [5.41, 5.74) is 0. The number of carbonyl (C=O) groups is 3. The van der Waals surface area contributed by atoms with Crippen molar-refractivity contribution in [2.75, 3.05) is 6.54 Å². The van der Waals surface area contributed by atoms with Crippen LogP contribution in [0, 0.1) is 5.92 Å². The molecule has 0 aliphatic carbocycles. The van der Waals surface area contributed by atoms with Crippen LogP contribution in [0.1, 0.15) is 33.6 Å². The first kappa shape index (κ1) is 14.6. The molecule has 0 aromatic rings. The Morgan fingerprint density at radius 2 is 2.11 bits per heavy atom. The minimum absolute atomic E-state index is 0.0509. The van der Waals surface area contributed by atoms with Crippen LogP contribution in [0.4, 0.5) is 0 Å². The lowest BCUT2D eigenvalue weighted by Crippen LogP contribution is -2.49. The van der Waals surface area contributed by atoms with Gasteiger partial charge in [0.1, 0.15) is 6.04 Å². The Bertz CT molecular complexity index is 354. The number of imide groups is 1. The first-order valence-electron chi connectivity index (χ1n) is 6.21. The molecule has 0 bridgehead atoms. The molecule has 18 heavy (non-hydrogen) atoms. The third-order valence-corrected chi connectivity index (χ3v) is 3.00. The van der Waals surface area contributed by atoms with Crippen molar-refractivity contribution in [1.29, 1.82) is 0 Å². The van der Waals surface area contributed by atoms with E-state index in [9.17, 15) is 14.4 Å². The molecule has 1 heterocycles. The quantitative estimate of drug-likeness (QED) is 0.664. The number of nitrogens with one attached hydrogen (secondary N) is 1. The van der Waals surface area contributed by atoms with Gasteiger partial charge in [0, 0.05) is 6.54 Å². The van der Waals surface area contributed by atoms with Crippen LogP contribution in [0.3, 0.4) is 0 Å². The lowest BCUT2D eigenvalue weighted by molar-refractivity contribution is -0.141. The third kappa shape index (κ3) is 3.07. The number of nitrogens with zero attached hydrogens (tertiary/aromatic N) is 1. The second-order valence-corrected chi connectivity index (χ2v) is 4.87. The summed E-state index contributed by atoms with van der Waals surface area (Å²) in [6.07, 6.45) is 0.756. The van der Waals surface area contributed by atoms with E-state index in [2.05, 4.69) is 5.32 Å². The van der Waals surface area contributed by atoms with Gasteiger partial charge in [-0.25, -0.2) is 0 Å². The van der Waals surface area contributed by atoms with Gasteiger partial charge in [-0.15, -0.1) is 0 Å². The lowest BCUT2D eigenvalue weighted by atomic mass is 10.0. The molecule has 1 rings (SSSR count). The Hall–Kier alpha value is -1.43. The molecule has 1 aliphatic rings. The van der Waals surface area contributed by atoms with Crippen molar-refractivity contribution in [2.45, 2.75) is 45.7 Å². The molecule has 2 amide bonds. The van der Waals surface area contributed by atoms with Crippen molar-refractivity contribution in [3.8, 4) is 0 Å². The molecule has 6 heteroatoms. The molecular weight excluding hydrogens is 236 g/mol. The number of rotatable bonds is 6. The molecule has 1 fully saturated rings. The van der Waals surface area contributed by atoms with E-state index >= 15 is 0 Å². The molecule has 102 valence electrons. The maximum Gasteiger partial charge on any atom is 0.320 e. The number of amides is 2. The second-order valence-electron chi connectivity index (χ2n) is 4.87. The number of hydrogen-bond donors (Lipinski definition) is 2. The van der Waals surface area contributed by atoms with E-state index in [4.69, 9.17) is 5.11 Å². The Morgan fingerprint density at radius 3 is 2.56 bits per heavy atom. The fourth-order valence-corrected chi connectivity index (χ4v) is 2.04. The van der Waals surface area contributed by atoms with Gasteiger partial charge in [-0.3, -0.25) is 24.6 Å². The first-order valence-corrected chi connectivity index (χ1v) is 6.21. The van der Waals surface area contributed by atoms with E-state index in [1.54, 1.807) is 13.8 Å². The molecule has 1 aliphatic heterocycles. The molecule has 2 N–H and O–H groups in total. The fourth-order valence-electron chi connectivity index (χ4n) is 2.04. The monoisotopic (exact) mass is 256 g/mol. The maximum atomic E-state index is 11.9. The Balaban J connectivity index is 2.71. The zero-order valence-corrected chi connectivity index (χ0v) is 11.0. The Morgan fingerprint density at radius 1 is 1.50 bits per heavy atom. The van der Waals surface area contributed by atoms with Crippen molar-refractivity contribution >= 4 is 17.8 Å². The summed E-state index contributed by atoms with van der Waals surface area (Å²) in [4.78, 5) is 35.8. The van der Waals surface area contributed by atoms with Crippen LogP contribution in [0.2, 0.25) is 0 Å². The molecule has 2 unspecified atom stereocenters. The maximum absolute atomic E-state index is 11.9. The lowest BCUT2D eigenvalue weighted by Gasteiger charge is -2.21. The Kier molecular flexibility index (Phi) is 4.84. The Labute approximate surface area is 106 Å². The predicted octanol–water partition coefficient (Wildman–Crippen LogP) is 0.223. The summed E-state index contributed by atoms with van der Waals surface area (Å²) in [7, 11) is 0. The molecular formula is C12H20N2O4. The molecule has 2 atom stereocenters. The van der Waals surface area contributed by atoms with E-state index in [1.807, 2.05) is 6.92 Å². The first-order chi connectivity index (χ1) is 8.38. The van der Waals surface area contributed by atoms with Gasteiger partial charge in [0.25, 0.3) is 0 Å². The zero-order valence-electron chi connectivity index (χ0n) is 11.0. The van der Waals surface area contributed by atoms with E-state index in [0.717, 1.165) is 0 Å². The minimum Gasteiger partial charge on any atom is -0.480 e. The minimum atomic E-state index is -1.00. The molecule has 0 aromatic heterocycles. The van der Waals surface area contributed by atoms with Crippen LogP contribution < -0.4 is 5.32 Å². The third-order valence-electron chi connectivity index (χ3n) is 3.00. The number of aliphatic carboxylic acids is 1. The van der Waals surface area contributed by atoms with Gasteiger partial charge in [-0.1, -0.05) is 20.8 Å². The molecule has 1 saturated heterocycles. The van der Waals surface area contributed by atoms with Crippen molar-refractivity contribution in [3.05, 3.63) is 0 Å². The normalized spacial score (nSPS) is 21.8. The highest BCUT2D eigenvalue weighted by Gasteiger charge is 2.40. The van der Waals surface area contributed by atoms with Crippen molar-refractivity contribution in [2.24, 2.45) is 5.92 Å². The predicted molar refractivity (Wildman–Crippen MR) is 64.8 cm³/mol. The molecule has 0 saturated carbocycles. The summed E-state index contributed by atoms with van der Waals surface area (Å²) >= 11 is 0. The summed E-state index contributed by atoms with van der Waals surface area (Å²) in [5.74, 6) is -1.69. The second kappa shape index (κ2) is 5.95. The van der Waals surface area contributed by atoms with Crippen LogP contribution >= 0.6 is 0 Å². The number of carbonyl (C=O) groups excluding carboxylic acids is 2. The SMILES string of the molecule is CCCN1C(=O)CC(NC(C(=O)O)C(C)C)C1=O. The van der Waals surface area contributed by atoms with Gasteiger partial charge in [0.15, 0.2) is 0 Å². The van der Waals surface area contributed by atoms with Gasteiger partial charge in [0.2, 0.25) is 11.8 Å². The van der Waals surface area contributed by atoms with Crippen molar-refractivity contribution in [1.82, 2.24) is 10.2 Å². The summed E-state index contributed by atoms with van der Waals surface area (Å²) in [6, 6.07) is -1.51. The smallest absolute Gasteiger partial charge is 0.320 e. The average molecular weight is 256 g/mol. The average Bonchev–Trinajstić information content (AvgIpc) is 2.53. The number of hydrogen-bond acceptors (Lipinski definition) is 4. The van der Waals surface area contributed by atoms with Gasteiger partial charge in [0.05, 0.1) is 12.5 Å². The largest absolute Gasteiger partial charge is 0.480 e. The van der Waals surface area contributed by atoms with Gasteiger partial charge >= 0.3 is 5.97 Å². The van der Waals surface area contributed by atoms with Crippen LogP contribution in [0.25, 0.3) is 0 Å². The summed E-state index contributed by atoms with van der Waals surface area (Å²) < 4.78 is 0. The highest BCUT2D eigenvalue weighted by Crippen LogP contribution is 2.15. The van der Waals surface area contributed by atoms with E-state index in [0.29, 0.717) is 13.0 Å². The highest BCUT2D eigenvalue weighted by atomic mass is 16.4. The van der Waals surface area contributed by atoms with Gasteiger partial charge < -0.3 is 5.11 Å². The number of carboxylic acids is 1. The van der Waals surface area contributed by atoms with Crippen molar-refractivity contribution in [3.63, 3.8) is 0 Å². The number of likely N-dealkylation sites (tertiary alicyclic amines) is 1. The topological polar surface area (TPSA) is 86.7 Å². The summed E-state index contributed by atoms with van der Waals surface area (Å²) in [6.45, 7) is 5.80. The van der Waals surface area contributed by atoms with E-state index < -0.39 is 18.1 Å². The van der Waals surface area contributed by atoms with E-state index in [-0.39, 0.29) is 24.2 Å². The molecule has 0 radical (unpaired) electrons.